The van der Waals surface area contributed by atoms with Crippen LogP contribution in [0.2, 0.25) is 5.02 Å². The van der Waals surface area contributed by atoms with Gasteiger partial charge in [-0.1, -0.05) is 66.2 Å². The summed E-state index contributed by atoms with van der Waals surface area (Å²) in [7, 11) is -3.73. The van der Waals surface area contributed by atoms with Crippen LogP contribution in [-0.2, 0) is 21.9 Å². The summed E-state index contributed by atoms with van der Waals surface area (Å²) in [6.45, 7) is 0.0791. The van der Waals surface area contributed by atoms with E-state index in [1.54, 1.807) is 24.3 Å². The standard InChI is InChI=1S/C18H16ClO3P/c19-17-10-8-14(9-11-17)12-22-23(20,21)13-16-6-3-5-15-4-1-2-7-18(15)16/h1-11H,12-13H2,(H,20,21). The van der Waals surface area contributed by atoms with Crippen LogP contribution in [0.5, 0.6) is 0 Å². The van der Waals surface area contributed by atoms with E-state index in [0.717, 1.165) is 21.9 Å². The van der Waals surface area contributed by atoms with Gasteiger partial charge in [-0.3, -0.25) is 4.57 Å². The molecule has 3 aromatic rings. The quantitative estimate of drug-likeness (QED) is 0.629. The van der Waals surface area contributed by atoms with Crippen molar-refractivity contribution in [3.8, 4) is 0 Å². The third kappa shape index (κ3) is 4.21. The van der Waals surface area contributed by atoms with E-state index >= 15 is 0 Å². The summed E-state index contributed by atoms with van der Waals surface area (Å²) in [5.74, 6) is 0. The second-order valence-corrected chi connectivity index (χ2v) is 7.62. The summed E-state index contributed by atoms with van der Waals surface area (Å²) in [6.07, 6.45) is -0.0120. The summed E-state index contributed by atoms with van der Waals surface area (Å²) in [5, 5.41) is 2.64. The first-order chi connectivity index (χ1) is 11.0. The normalized spacial score (nSPS) is 13.8. The average molecular weight is 347 g/mol. The van der Waals surface area contributed by atoms with Crippen molar-refractivity contribution in [1.82, 2.24) is 0 Å². The van der Waals surface area contributed by atoms with Crippen molar-refractivity contribution in [2.45, 2.75) is 12.8 Å². The largest absolute Gasteiger partial charge is 0.332 e. The molecule has 0 fully saturated rings. The van der Waals surface area contributed by atoms with Crippen LogP contribution in [0.15, 0.2) is 66.7 Å². The highest BCUT2D eigenvalue weighted by atomic mass is 35.5. The minimum absolute atomic E-state index is 0.0120. The van der Waals surface area contributed by atoms with Crippen molar-refractivity contribution in [2.24, 2.45) is 0 Å². The molecule has 0 aromatic heterocycles. The molecule has 0 spiro atoms. The van der Waals surface area contributed by atoms with E-state index in [4.69, 9.17) is 16.1 Å². The zero-order valence-electron chi connectivity index (χ0n) is 12.4. The van der Waals surface area contributed by atoms with E-state index in [9.17, 15) is 9.46 Å². The molecule has 3 aromatic carbocycles. The molecule has 0 aliphatic rings. The van der Waals surface area contributed by atoms with Crippen LogP contribution < -0.4 is 0 Å². The van der Waals surface area contributed by atoms with E-state index in [1.165, 1.54) is 0 Å². The Bertz CT molecular complexity index is 856. The fraction of sp³-hybridized carbons (Fsp3) is 0.111. The fourth-order valence-corrected chi connectivity index (χ4v) is 3.72. The van der Waals surface area contributed by atoms with Crippen molar-refractivity contribution in [1.29, 1.82) is 0 Å². The maximum absolute atomic E-state index is 12.4. The zero-order valence-corrected chi connectivity index (χ0v) is 14.0. The number of fused-ring (bicyclic) bond motifs is 1. The first-order valence-corrected chi connectivity index (χ1v) is 9.35. The molecule has 0 heterocycles. The SMILES string of the molecule is O=P(O)(Cc1cccc2ccccc12)OCc1ccc(Cl)cc1. The van der Waals surface area contributed by atoms with Gasteiger partial charge in [-0.15, -0.1) is 0 Å². The number of hydrogen-bond donors (Lipinski definition) is 1. The molecule has 3 nitrogen and oxygen atoms in total. The van der Waals surface area contributed by atoms with Gasteiger partial charge in [0, 0.05) is 5.02 Å². The molecule has 118 valence electrons. The Kier molecular flexibility index (Phi) is 4.84. The predicted octanol–water partition coefficient (Wildman–Crippen LogP) is 5.40. The van der Waals surface area contributed by atoms with Crippen LogP contribution in [0.1, 0.15) is 11.1 Å². The van der Waals surface area contributed by atoms with Gasteiger partial charge in [0.1, 0.15) is 0 Å². The smallest absolute Gasteiger partial charge is 0.324 e. The number of halogens is 1. The Labute approximate surface area is 140 Å². The molecular weight excluding hydrogens is 331 g/mol. The highest BCUT2D eigenvalue weighted by Crippen LogP contribution is 2.47. The molecule has 0 bridgehead atoms. The van der Waals surface area contributed by atoms with E-state index < -0.39 is 7.60 Å². The molecule has 1 N–H and O–H groups in total. The van der Waals surface area contributed by atoms with E-state index in [2.05, 4.69) is 0 Å². The number of hydrogen-bond acceptors (Lipinski definition) is 2. The van der Waals surface area contributed by atoms with Gasteiger partial charge in [-0.2, -0.15) is 0 Å². The topological polar surface area (TPSA) is 46.5 Å². The van der Waals surface area contributed by atoms with E-state index in [0.29, 0.717) is 5.02 Å². The summed E-state index contributed by atoms with van der Waals surface area (Å²) in [5.41, 5.74) is 1.62. The lowest BCUT2D eigenvalue weighted by Crippen LogP contribution is -1.96. The maximum Gasteiger partial charge on any atom is 0.332 e. The van der Waals surface area contributed by atoms with Crippen LogP contribution in [0, 0.1) is 0 Å². The first kappa shape index (κ1) is 16.2. The average Bonchev–Trinajstić information content (AvgIpc) is 2.54. The number of benzene rings is 3. The van der Waals surface area contributed by atoms with Crippen molar-refractivity contribution in [2.75, 3.05) is 0 Å². The van der Waals surface area contributed by atoms with Gasteiger partial charge in [0.15, 0.2) is 0 Å². The molecule has 0 radical (unpaired) electrons. The molecule has 0 saturated carbocycles. The van der Waals surface area contributed by atoms with Crippen molar-refractivity contribution < 1.29 is 14.0 Å². The highest BCUT2D eigenvalue weighted by molar-refractivity contribution is 7.51. The van der Waals surface area contributed by atoms with Crippen molar-refractivity contribution >= 4 is 30.0 Å². The van der Waals surface area contributed by atoms with Crippen LogP contribution in [0.25, 0.3) is 10.8 Å². The highest BCUT2D eigenvalue weighted by Gasteiger charge is 2.21. The molecule has 1 unspecified atom stereocenters. The van der Waals surface area contributed by atoms with Gasteiger partial charge >= 0.3 is 7.60 Å². The Morgan fingerprint density at radius 2 is 1.65 bits per heavy atom. The van der Waals surface area contributed by atoms with Gasteiger partial charge in [0.25, 0.3) is 0 Å². The van der Waals surface area contributed by atoms with E-state index in [1.807, 2.05) is 42.5 Å². The minimum Gasteiger partial charge on any atom is -0.324 e. The predicted molar refractivity (Wildman–Crippen MR) is 93.7 cm³/mol. The van der Waals surface area contributed by atoms with Gasteiger partial charge < -0.3 is 9.42 Å². The Hall–Kier alpha value is -1.64. The Morgan fingerprint density at radius 3 is 2.43 bits per heavy atom. The lowest BCUT2D eigenvalue weighted by atomic mass is 10.1. The van der Waals surface area contributed by atoms with Crippen LogP contribution >= 0.6 is 19.2 Å². The third-order valence-corrected chi connectivity index (χ3v) is 5.12. The lowest BCUT2D eigenvalue weighted by molar-refractivity contribution is 0.249. The van der Waals surface area contributed by atoms with Crippen LogP contribution in [0.3, 0.4) is 0 Å². The Balaban J connectivity index is 1.75. The molecule has 0 amide bonds. The molecular formula is C18H16ClO3P. The van der Waals surface area contributed by atoms with Crippen LogP contribution in [-0.4, -0.2) is 4.89 Å². The molecule has 0 aliphatic carbocycles. The summed E-state index contributed by atoms with van der Waals surface area (Å²) in [4.78, 5) is 10.2. The second-order valence-electron chi connectivity index (χ2n) is 5.33. The van der Waals surface area contributed by atoms with Gasteiger partial charge in [0.05, 0.1) is 12.8 Å². The van der Waals surface area contributed by atoms with Crippen LogP contribution in [0.4, 0.5) is 0 Å². The Morgan fingerprint density at radius 1 is 0.957 bits per heavy atom. The molecule has 0 saturated heterocycles. The van der Waals surface area contributed by atoms with Gasteiger partial charge in [-0.25, -0.2) is 0 Å². The van der Waals surface area contributed by atoms with Gasteiger partial charge in [0.2, 0.25) is 0 Å². The third-order valence-electron chi connectivity index (χ3n) is 3.60. The molecule has 5 heteroatoms. The van der Waals surface area contributed by atoms with Crippen molar-refractivity contribution in [3.63, 3.8) is 0 Å². The zero-order chi connectivity index (χ0) is 16.3. The molecule has 1 atom stereocenters. The summed E-state index contributed by atoms with van der Waals surface area (Å²) >= 11 is 5.82. The fourth-order valence-electron chi connectivity index (χ4n) is 2.45. The monoisotopic (exact) mass is 346 g/mol. The first-order valence-electron chi connectivity index (χ1n) is 7.21. The summed E-state index contributed by atoms with van der Waals surface area (Å²) < 4.78 is 17.7. The second kappa shape index (κ2) is 6.86. The maximum atomic E-state index is 12.4. The minimum atomic E-state index is -3.73. The molecule has 23 heavy (non-hydrogen) atoms. The molecule has 0 aliphatic heterocycles. The van der Waals surface area contributed by atoms with E-state index in [-0.39, 0.29) is 12.8 Å². The number of rotatable bonds is 5. The van der Waals surface area contributed by atoms with Crippen molar-refractivity contribution in [3.05, 3.63) is 82.9 Å². The van der Waals surface area contributed by atoms with Gasteiger partial charge in [-0.05, 0) is 34.0 Å². The lowest BCUT2D eigenvalue weighted by Gasteiger charge is -2.14. The summed E-state index contributed by atoms with van der Waals surface area (Å²) in [6, 6.07) is 20.5. The molecule has 3 rings (SSSR count).